The zero-order valence-corrected chi connectivity index (χ0v) is 12.6. The van der Waals surface area contributed by atoms with Gasteiger partial charge in [0.15, 0.2) is 0 Å². The van der Waals surface area contributed by atoms with Crippen molar-refractivity contribution in [3.05, 3.63) is 24.3 Å². The smallest absolute Gasteiger partial charge is 0.321 e. The van der Waals surface area contributed by atoms with E-state index in [4.69, 9.17) is 0 Å². The Hall–Kier alpha value is -2.04. The molecule has 110 valence electrons. The molecule has 20 heavy (non-hydrogen) atoms. The van der Waals surface area contributed by atoms with Gasteiger partial charge in [-0.25, -0.2) is 4.79 Å². The molecule has 0 aliphatic carbocycles. The van der Waals surface area contributed by atoms with E-state index in [1.807, 2.05) is 0 Å². The number of urea groups is 1. The molecule has 0 saturated heterocycles. The molecule has 0 aliphatic heterocycles. The van der Waals surface area contributed by atoms with E-state index in [1.165, 1.54) is 4.90 Å². The van der Waals surface area contributed by atoms with E-state index in [0.717, 1.165) is 6.42 Å². The average molecular weight is 277 g/mol. The van der Waals surface area contributed by atoms with Crippen molar-refractivity contribution in [2.24, 2.45) is 5.92 Å². The quantitative estimate of drug-likeness (QED) is 0.868. The van der Waals surface area contributed by atoms with Crippen LogP contribution in [0.15, 0.2) is 24.3 Å². The SMILES string of the molecule is CC(C)CCC(=O)Nc1cccc(NC(=O)N(C)C)c1. The van der Waals surface area contributed by atoms with Crippen molar-refractivity contribution >= 4 is 23.3 Å². The molecule has 5 nitrogen and oxygen atoms in total. The first-order valence-electron chi connectivity index (χ1n) is 6.76. The first kappa shape index (κ1) is 16.0. The van der Waals surface area contributed by atoms with Gasteiger partial charge in [0.2, 0.25) is 5.91 Å². The van der Waals surface area contributed by atoms with Crippen LogP contribution in [-0.2, 0) is 4.79 Å². The Morgan fingerprint density at radius 3 is 2.30 bits per heavy atom. The van der Waals surface area contributed by atoms with Crippen LogP contribution < -0.4 is 10.6 Å². The van der Waals surface area contributed by atoms with Crippen LogP contribution in [0.4, 0.5) is 16.2 Å². The number of hydrogen-bond acceptors (Lipinski definition) is 2. The molecule has 1 rings (SSSR count). The molecule has 0 fully saturated rings. The first-order chi connectivity index (χ1) is 9.38. The Kier molecular flexibility index (Phi) is 6.03. The number of hydrogen-bond donors (Lipinski definition) is 2. The monoisotopic (exact) mass is 277 g/mol. The average Bonchev–Trinajstić information content (AvgIpc) is 2.36. The molecule has 5 heteroatoms. The summed E-state index contributed by atoms with van der Waals surface area (Å²) in [5, 5.41) is 5.58. The van der Waals surface area contributed by atoms with E-state index >= 15 is 0 Å². The van der Waals surface area contributed by atoms with E-state index in [0.29, 0.717) is 23.7 Å². The molecule has 0 radical (unpaired) electrons. The number of benzene rings is 1. The Morgan fingerprint density at radius 2 is 1.75 bits per heavy atom. The molecule has 0 aromatic heterocycles. The number of nitrogens with one attached hydrogen (secondary N) is 2. The predicted molar refractivity (Wildman–Crippen MR) is 81.8 cm³/mol. The standard InChI is InChI=1S/C15H23N3O2/c1-11(2)8-9-14(19)16-12-6-5-7-13(10-12)17-15(20)18(3)4/h5-7,10-11H,8-9H2,1-4H3,(H,16,19)(H,17,20). The number of carbonyl (C=O) groups excluding carboxylic acids is 2. The minimum atomic E-state index is -0.201. The summed E-state index contributed by atoms with van der Waals surface area (Å²) in [6.45, 7) is 4.18. The fraction of sp³-hybridized carbons (Fsp3) is 0.467. The van der Waals surface area contributed by atoms with Crippen LogP contribution >= 0.6 is 0 Å². The Balaban J connectivity index is 2.59. The second-order valence-electron chi connectivity index (χ2n) is 5.39. The van der Waals surface area contributed by atoms with E-state index in [9.17, 15) is 9.59 Å². The topological polar surface area (TPSA) is 61.4 Å². The van der Waals surface area contributed by atoms with Crippen LogP contribution in [0, 0.1) is 5.92 Å². The van der Waals surface area contributed by atoms with Crippen LogP contribution in [0.1, 0.15) is 26.7 Å². The van der Waals surface area contributed by atoms with Crippen molar-refractivity contribution in [2.45, 2.75) is 26.7 Å². The van der Waals surface area contributed by atoms with Crippen molar-refractivity contribution in [2.75, 3.05) is 24.7 Å². The van der Waals surface area contributed by atoms with Crippen molar-refractivity contribution < 1.29 is 9.59 Å². The molecule has 1 aromatic rings. The van der Waals surface area contributed by atoms with Gasteiger partial charge in [-0.05, 0) is 30.5 Å². The summed E-state index contributed by atoms with van der Waals surface area (Å²) >= 11 is 0. The van der Waals surface area contributed by atoms with Crippen molar-refractivity contribution in [3.63, 3.8) is 0 Å². The molecule has 2 N–H and O–H groups in total. The lowest BCUT2D eigenvalue weighted by atomic mass is 10.1. The van der Waals surface area contributed by atoms with Crippen LogP contribution in [-0.4, -0.2) is 30.9 Å². The highest BCUT2D eigenvalue weighted by molar-refractivity contribution is 5.93. The Labute approximate surface area is 120 Å². The second kappa shape index (κ2) is 7.53. The molecule has 0 heterocycles. The van der Waals surface area contributed by atoms with E-state index in [-0.39, 0.29) is 11.9 Å². The summed E-state index contributed by atoms with van der Waals surface area (Å²) in [5.41, 5.74) is 1.35. The fourth-order valence-corrected chi connectivity index (χ4v) is 1.55. The number of carbonyl (C=O) groups is 2. The summed E-state index contributed by atoms with van der Waals surface area (Å²) in [4.78, 5) is 24.8. The maximum atomic E-state index is 11.8. The third-order valence-corrected chi connectivity index (χ3v) is 2.75. The third-order valence-electron chi connectivity index (χ3n) is 2.75. The molecular weight excluding hydrogens is 254 g/mol. The molecule has 0 spiro atoms. The van der Waals surface area contributed by atoms with Gasteiger partial charge in [-0.1, -0.05) is 19.9 Å². The van der Waals surface area contributed by atoms with Crippen LogP contribution in [0.3, 0.4) is 0 Å². The summed E-state index contributed by atoms with van der Waals surface area (Å²) in [6, 6.07) is 6.93. The molecule has 3 amide bonds. The highest BCUT2D eigenvalue weighted by Gasteiger charge is 2.07. The van der Waals surface area contributed by atoms with Gasteiger partial charge in [-0.2, -0.15) is 0 Å². The van der Waals surface area contributed by atoms with Crippen molar-refractivity contribution in [1.29, 1.82) is 0 Å². The lowest BCUT2D eigenvalue weighted by Gasteiger charge is -2.13. The molecular formula is C15H23N3O2. The zero-order valence-electron chi connectivity index (χ0n) is 12.6. The maximum absolute atomic E-state index is 11.8. The molecule has 0 atom stereocenters. The van der Waals surface area contributed by atoms with Gasteiger partial charge in [0, 0.05) is 31.9 Å². The highest BCUT2D eigenvalue weighted by atomic mass is 16.2. The Morgan fingerprint density at radius 1 is 1.15 bits per heavy atom. The number of anilines is 2. The van der Waals surface area contributed by atoms with Crippen LogP contribution in [0.25, 0.3) is 0 Å². The third kappa shape index (κ3) is 5.73. The van der Waals surface area contributed by atoms with Crippen molar-refractivity contribution in [3.8, 4) is 0 Å². The normalized spacial score (nSPS) is 10.2. The summed E-state index contributed by atoms with van der Waals surface area (Å²) in [7, 11) is 3.35. The number of amides is 3. The maximum Gasteiger partial charge on any atom is 0.321 e. The molecule has 0 aliphatic rings. The van der Waals surface area contributed by atoms with Crippen LogP contribution in [0.2, 0.25) is 0 Å². The van der Waals surface area contributed by atoms with Gasteiger partial charge >= 0.3 is 6.03 Å². The molecule has 0 bridgehead atoms. The van der Waals surface area contributed by atoms with Gasteiger partial charge in [0.25, 0.3) is 0 Å². The second-order valence-corrected chi connectivity index (χ2v) is 5.39. The molecule has 0 saturated carbocycles. The molecule has 1 aromatic carbocycles. The number of nitrogens with zero attached hydrogens (tertiary/aromatic N) is 1. The van der Waals surface area contributed by atoms with Gasteiger partial charge in [0.05, 0.1) is 0 Å². The zero-order chi connectivity index (χ0) is 15.1. The number of rotatable bonds is 5. The Bertz CT molecular complexity index is 470. The van der Waals surface area contributed by atoms with Crippen molar-refractivity contribution in [1.82, 2.24) is 4.90 Å². The first-order valence-corrected chi connectivity index (χ1v) is 6.76. The minimum absolute atomic E-state index is 0.00483. The summed E-state index contributed by atoms with van der Waals surface area (Å²) in [5.74, 6) is 0.501. The van der Waals surface area contributed by atoms with Crippen LogP contribution in [0.5, 0.6) is 0 Å². The molecule has 0 unspecified atom stereocenters. The summed E-state index contributed by atoms with van der Waals surface area (Å²) in [6.07, 6.45) is 1.37. The lowest BCUT2D eigenvalue weighted by molar-refractivity contribution is -0.116. The summed E-state index contributed by atoms with van der Waals surface area (Å²) < 4.78 is 0. The fourth-order valence-electron chi connectivity index (χ4n) is 1.55. The highest BCUT2D eigenvalue weighted by Crippen LogP contribution is 2.16. The van der Waals surface area contributed by atoms with E-state index in [1.54, 1.807) is 38.4 Å². The van der Waals surface area contributed by atoms with Gasteiger partial charge in [0.1, 0.15) is 0 Å². The van der Waals surface area contributed by atoms with Gasteiger partial charge < -0.3 is 15.5 Å². The minimum Gasteiger partial charge on any atom is -0.331 e. The van der Waals surface area contributed by atoms with E-state index in [2.05, 4.69) is 24.5 Å². The largest absolute Gasteiger partial charge is 0.331 e. The van der Waals surface area contributed by atoms with Gasteiger partial charge in [-0.3, -0.25) is 4.79 Å². The van der Waals surface area contributed by atoms with E-state index < -0.39 is 0 Å². The van der Waals surface area contributed by atoms with Gasteiger partial charge in [-0.15, -0.1) is 0 Å². The predicted octanol–water partition coefficient (Wildman–Crippen LogP) is 3.15. The lowest BCUT2D eigenvalue weighted by Crippen LogP contribution is -2.27.